The maximum absolute atomic E-state index is 13.3. The summed E-state index contributed by atoms with van der Waals surface area (Å²) in [5.74, 6) is 0.885. The van der Waals surface area contributed by atoms with Crippen molar-refractivity contribution in [3.63, 3.8) is 0 Å². The average Bonchev–Trinajstić information content (AvgIpc) is 3.19. The second-order valence-electron chi connectivity index (χ2n) is 8.43. The number of carbonyl (C=O) groups is 1. The fraction of sp³-hybridized carbons (Fsp3) is 0.391. The molecular weight excluding hydrogens is 412 g/mol. The number of imidazole rings is 1. The van der Waals surface area contributed by atoms with Gasteiger partial charge in [-0.1, -0.05) is 12.1 Å². The van der Waals surface area contributed by atoms with Crippen molar-refractivity contribution >= 4 is 27.0 Å². The third-order valence-corrected chi connectivity index (χ3v) is 8.07. The van der Waals surface area contributed by atoms with Gasteiger partial charge in [0.05, 0.1) is 15.9 Å². The smallest absolute Gasteiger partial charge is 0.253 e. The number of carbonyl (C=O) groups excluding carboxylic acids is 1. The van der Waals surface area contributed by atoms with Gasteiger partial charge in [-0.05, 0) is 62.1 Å². The first-order valence-corrected chi connectivity index (χ1v) is 11.9. The van der Waals surface area contributed by atoms with E-state index in [2.05, 4.69) is 4.98 Å². The van der Waals surface area contributed by atoms with Crippen molar-refractivity contribution in [3.05, 3.63) is 58.9 Å². The summed E-state index contributed by atoms with van der Waals surface area (Å²) in [5, 5.41) is 0. The van der Waals surface area contributed by atoms with E-state index in [1.165, 1.54) is 24.5 Å². The van der Waals surface area contributed by atoms with E-state index in [9.17, 15) is 13.2 Å². The summed E-state index contributed by atoms with van der Waals surface area (Å²) in [6.45, 7) is 4.83. The molecule has 7 nitrogen and oxygen atoms in total. The number of rotatable bonds is 4. The van der Waals surface area contributed by atoms with Gasteiger partial charge in [0.2, 0.25) is 10.0 Å². The summed E-state index contributed by atoms with van der Waals surface area (Å²) in [7, 11) is -0.635. The van der Waals surface area contributed by atoms with E-state index >= 15 is 0 Å². The lowest BCUT2D eigenvalue weighted by Gasteiger charge is -2.32. The van der Waals surface area contributed by atoms with Crippen LogP contribution in [0.4, 0.5) is 0 Å². The second kappa shape index (κ2) is 8.09. The number of para-hydroxylation sites is 2. The predicted octanol–water partition coefficient (Wildman–Crippen LogP) is 3.45. The van der Waals surface area contributed by atoms with Gasteiger partial charge in [-0.15, -0.1) is 0 Å². The number of aryl methyl sites for hydroxylation is 1. The third-order valence-electron chi connectivity index (χ3n) is 6.13. The lowest BCUT2D eigenvalue weighted by Crippen LogP contribution is -2.39. The number of H-pyrrole nitrogens is 1. The molecule has 31 heavy (non-hydrogen) atoms. The molecular formula is C23H28N4O3S. The zero-order valence-corrected chi connectivity index (χ0v) is 19.2. The van der Waals surface area contributed by atoms with Crippen LogP contribution in [-0.2, 0) is 10.0 Å². The zero-order chi connectivity index (χ0) is 22.3. The van der Waals surface area contributed by atoms with Crippen LogP contribution < -0.4 is 0 Å². The van der Waals surface area contributed by atoms with Crippen LogP contribution in [0.5, 0.6) is 0 Å². The molecule has 0 aliphatic carbocycles. The number of amides is 1. The van der Waals surface area contributed by atoms with E-state index in [-0.39, 0.29) is 16.7 Å². The SMILES string of the molecule is Cc1cc(C(=O)N2CCC[C@H](c3nc4ccccc4[nH]3)C2)cc(S(=O)(=O)N(C)C)c1C. The minimum atomic E-state index is -3.64. The van der Waals surface area contributed by atoms with Crippen LogP contribution in [-0.4, -0.2) is 60.7 Å². The highest BCUT2D eigenvalue weighted by Crippen LogP contribution is 2.29. The molecule has 1 saturated heterocycles. The summed E-state index contributed by atoms with van der Waals surface area (Å²) in [6, 6.07) is 11.2. The Morgan fingerprint density at radius 3 is 2.65 bits per heavy atom. The van der Waals surface area contributed by atoms with Crippen molar-refractivity contribution in [2.24, 2.45) is 0 Å². The summed E-state index contributed by atoms with van der Waals surface area (Å²) >= 11 is 0. The Morgan fingerprint density at radius 2 is 1.94 bits per heavy atom. The van der Waals surface area contributed by atoms with Crippen molar-refractivity contribution in [1.29, 1.82) is 0 Å². The number of hydrogen-bond acceptors (Lipinski definition) is 4. The number of aromatic amines is 1. The minimum Gasteiger partial charge on any atom is -0.342 e. The van der Waals surface area contributed by atoms with Gasteiger partial charge in [0, 0.05) is 38.7 Å². The number of benzene rings is 2. The molecule has 1 aliphatic heterocycles. The molecule has 0 unspecified atom stereocenters. The molecule has 0 bridgehead atoms. The maximum atomic E-state index is 13.3. The molecule has 1 aromatic heterocycles. The Hall–Kier alpha value is -2.71. The van der Waals surface area contributed by atoms with Crippen molar-refractivity contribution in [1.82, 2.24) is 19.2 Å². The van der Waals surface area contributed by atoms with E-state index in [1.807, 2.05) is 36.1 Å². The van der Waals surface area contributed by atoms with Gasteiger partial charge in [-0.3, -0.25) is 4.79 Å². The van der Waals surface area contributed by atoms with E-state index in [4.69, 9.17) is 4.98 Å². The van der Waals surface area contributed by atoms with Crippen LogP contribution >= 0.6 is 0 Å². The number of fused-ring (bicyclic) bond motifs is 1. The number of piperidine rings is 1. The largest absolute Gasteiger partial charge is 0.342 e. The van der Waals surface area contributed by atoms with E-state index < -0.39 is 10.0 Å². The summed E-state index contributed by atoms with van der Waals surface area (Å²) in [5.41, 5.74) is 3.79. The Morgan fingerprint density at radius 1 is 1.19 bits per heavy atom. The monoisotopic (exact) mass is 440 g/mol. The van der Waals surface area contributed by atoms with Crippen molar-refractivity contribution in [2.45, 2.75) is 37.5 Å². The fourth-order valence-electron chi connectivity index (χ4n) is 4.15. The first kappa shape index (κ1) is 21.5. The molecule has 1 N–H and O–H groups in total. The van der Waals surface area contributed by atoms with Gasteiger partial charge in [0.15, 0.2) is 0 Å². The molecule has 1 amide bonds. The van der Waals surface area contributed by atoms with Crippen LogP contribution in [0, 0.1) is 13.8 Å². The van der Waals surface area contributed by atoms with Crippen LogP contribution in [0.2, 0.25) is 0 Å². The molecule has 3 aromatic rings. The van der Waals surface area contributed by atoms with Gasteiger partial charge in [-0.2, -0.15) is 0 Å². The van der Waals surface area contributed by atoms with Crippen LogP contribution in [0.15, 0.2) is 41.3 Å². The van der Waals surface area contributed by atoms with Crippen LogP contribution in [0.3, 0.4) is 0 Å². The number of aromatic nitrogens is 2. The van der Waals surface area contributed by atoms with E-state index in [0.717, 1.165) is 35.3 Å². The lowest BCUT2D eigenvalue weighted by atomic mass is 9.96. The van der Waals surface area contributed by atoms with Gasteiger partial charge in [0.1, 0.15) is 5.82 Å². The highest BCUT2D eigenvalue weighted by molar-refractivity contribution is 7.89. The molecule has 1 atom stereocenters. The summed E-state index contributed by atoms with van der Waals surface area (Å²) in [6.07, 6.45) is 1.83. The first-order chi connectivity index (χ1) is 14.7. The number of nitrogens with zero attached hydrogens (tertiary/aromatic N) is 3. The molecule has 0 radical (unpaired) electrons. The molecule has 2 aromatic carbocycles. The highest BCUT2D eigenvalue weighted by Gasteiger charge is 2.29. The van der Waals surface area contributed by atoms with Gasteiger partial charge < -0.3 is 9.88 Å². The minimum absolute atomic E-state index is 0.127. The van der Waals surface area contributed by atoms with E-state index in [0.29, 0.717) is 24.2 Å². The first-order valence-electron chi connectivity index (χ1n) is 10.5. The molecule has 164 valence electrons. The van der Waals surface area contributed by atoms with Crippen molar-refractivity contribution in [3.8, 4) is 0 Å². The van der Waals surface area contributed by atoms with Gasteiger partial charge >= 0.3 is 0 Å². The Labute approximate surface area is 183 Å². The topological polar surface area (TPSA) is 86.4 Å². The number of hydrogen-bond donors (Lipinski definition) is 1. The predicted molar refractivity (Wildman–Crippen MR) is 121 cm³/mol. The molecule has 1 aliphatic rings. The zero-order valence-electron chi connectivity index (χ0n) is 18.3. The normalized spacial score (nSPS) is 17.5. The van der Waals surface area contributed by atoms with Crippen molar-refractivity contribution < 1.29 is 13.2 Å². The van der Waals surface area contributed by atoms with Crippen LogP contribution in [0.1, 0.15) is 46.1 Å². The second-order valence-corrected chi connectivity index (χ2v) is 10.6. The van der Waals surface area contributed by atoms with Gasteiger partial charge in [0.25, 0.3) is 5.91 Å². The van der Waals surface area contributed by atoms with Gasteiger partial charge in [-0.25, -0.2) is 17.7 Å². The Kier molecular flexibility index (Phi) is 5.61. The molecule has 0 saturated carbocycles. The molecule has 8 heteroatoms. The molecule has 2 heterocycles. The quantitative estimate of drug-likeness (QED) is 0.673. The number of nitrogens with one attached hydrogen (secondary N) is 1. The molecule has 1 fully saturated rings. The number of likely N-dealkylation sites (tertiary alicyclic amines) is 1. The summed E-state index contributed by atoms with van der Waals surface area (Å²) < 4.78 is 26.7. The Balaban J connectivity index is 1.62. The standard InChI is InChI=1S/C23H28N4O3S/c1-15-12-18(13-21(16(15)2)31(29,30)26(3)4)23(28)27-11-7-8-17(14-27)22-24-19-9-5-6-10-20(19)25-22/h5-6,9-10,12-13,17H,7-8,11,14H2,1-4H3,(H,24,25)/t17-/m0/s1. The van der Waals surface area contributed by atoms with Crippen LogP contribution in [0.25, 0.3) is 11.0 Å². The third kappa shape index (κ3) is 3.97. The Bertz CT molecular complexity index is 1210. The van der Waals surface area contributed by atoms with E-state index in [1.54, 1.807) is 13.0 Å². The molecule has 0 spiro atoms. The highest BCUT2D eigenvalue weighted by atomic mass is 32.2. The van der Waals surface area contributed by atoms with Crippen molar-refractivity contribution in [2.75, 3.05) is 27.2 Å². The lowest BCUT2D eigenvalue weighted by molar-refractivity contribution is 0.0704. The maximum Gasteiger partial charge on any atom is 0.253 e. The summed E-state index contributed by atoms with van der Waals surface area (Å²) in [4.78, 5) is 23.5. The fourth-order valence-corrected chi connectivity index (χ4v) is 5.37. The molecule has 4 rings (SSSR count). The average molecular weight is 441 g/mol. The number of sulfonamides is 1.